The van der Waals surface area contributed by atoms with Gasteiger partial charge in [0.25, 0.3) is 0 Å². The zero-order valence-electron chi connectivity index (χ0n) is 13.0. The van der Waals surface area contributed by atoms with E-state index in [4.69, 9.17) is 4.74 Å². The van der Waals surface area contributed by atoms with Crippen molar-refractivity contribution in [3.05, 3.63) is 35.9 Å². The molecule has 1 aliphatic heterocycles. The second kappa shape index (κ2) is 8.43. The Morgan fingerprint density at radius 2 is 2.05 bits per heavy atom. The highest BCUT2D eigenvalue weighted by molar-refractivity contribution is 5.21. The van der Waals surface area contributed by atoms with Gasteiger partial charge in [-0.25, -0.2) is 0 Å². The van der Waals surface area contributed by atoms with Crippen LogP contribution in [0.4, 0.5) is 0 Å². The maximum atomic E-state index is 5.77. The van der Waals surface area contributed by atoms with Gasteiger partial charge >= 0.3 is 0 Å². The number of ether oxygens (including phenoxy) is 1. The lowest BCUT2D eigenvalue weighted by Gasteiger charge is -2.28. The number of rotatable bonds is 8. The highest BCUT2D eigenvalue weighted by Gasteiger charge is 2.23. The molecule has 1 aromatic rings. The fourth-order valence-corrected chi connectivity index (χ4v) is 3.40. The molecule has 0 aliphatic carbocycles. The Morgan fingerprint density at radius 3 is 2.65 bits per heavy atom. The van der Waals surface area contributed by atoms with E-state index in [2.05, 4.69) is 49.5 Å². The highest BCUT2D eigenvalue weighted by Crippen LogP contribution is 2.28. The average Bonchev–Trinajstić information content (AvgIpc) is 3.00. The van der Waals surface area contributed by atoms with Crippen LogP contribution in [0.2, 0.25) is 0 Å². The minimum Gasteiger partial charge on any atom is -0.378 e. The van der Waals surface area contributed by atoms with Gasteiger partial charge in [-0.2, -0.15) is 0 Å². The smallest absolute Gasteiger partial charge is 0.0576 e. The first-order valence-corrected chi connectivity index (χ1v) is 8.25. The fourth-order valence-electron chi connectivity index (χ4n) is 3.40. The molecular formula is C18H29NO. The lowest BCUT2D eigenvalue weighted by Crippen LogP contribution is -2.35. The fraction of sp³-hybridized carbons (Fsp3) is 0.667. The molecule has 1 aliphatic rings. The summed E-state index contributed by atoms with van der Waals surface area (Å²) < 4.78 is 5.77. The summed E-state index contributed by atoms with van der Waals surface area (Å²) in [5.41, 5.74) is 1.47. The van der Waals surface area contributed by atoms with Crippen molar-refractivity contribution in [3.8, 4) is 0 Å². The van der Waals surface area contributed by atoms with Gasteiger partial charge in [0.2, 0.25) is 0 Å². The minimum atomic E-state index is 0.504. The maximum Gasteiger partial charge on any atom is 0.0576 e. The van der Waals surface area contributed by atoms with Crippen LogP contribution in [0.25, 0.3) is 0 Å². The Kier molecular flexibility index (Phi) is 6.55. The molecule has 0 amide bonds. The number of benzene rings is 1. The number of hydrogen-bond acceptors (Lipinski definition) is 2. The Hall–Kier alpha value is -0.860. The van der Waals surface area contributed by atoms with E-state index < -0.39 is 0 Å². The summed E-state index contributed by atoms with van der Waals surface area (Å²) in [6.07, 6.45) is 6.59. The predicted octanol–water partition coefficient (Wildman–Crippen LogP) is 4.12. The van der Waals surface area contributed by atoms with E-state index >= 15 is 0 Å². The third-order valence-electron chi connectivity index (χ3n) is 4.44. The van der Waals surface area contributed by atoms with E-state index in [1.165, 1.54) is 37.7 Å². The molecule has 1 saturated heterocycles. The molecule has 0 spiro atoms. The molecule has 2 heteroatoms. The number of hydrogen-bond donors (Lipinski definition) is 1. The summed E-state index contributed by atoms with van der Waals surface area (Å²) in [5, 5.41) is 3.70. The summed E-state index contributed by atoms with van der Waals surface area (Å²) in [6.45, 7) is 6.51. The van der Waals surface area contributed by atoms with Crippen molar-refractivity contribution in [3.63, 3.8) is 0 Å². The Balaban J connectivity index is 1.97. The third kappa shape index (κ3) is 4.32. The molecule has 1 fully saturated rings. The topological polar surface area (TPSA) is 21.3 Å². The second-order valence-electron chi connectivity index (χ2n) is 5.80. The van der Waals surface area contributed by atoms with Crippen LogP contribution >= 0.6 is 0 Å². The van der Waals surface area contributed by atoms with Gasteiger partial charge in [0, 0.05) is 12.6 Å². The number of likely N-dealkylation sites (N-methyl/N-ethyl adjacent to an activating group) is 1. The van der Waals surface area contributed by atoms with Gasteiger partial charge in [0.05, 0.1) is 6.10 Å². The lowest BCUT2D eigenvalue weighted by atomic mass is 9.86. The predicted molar refractivity (Wildman–Crippen MR) is 85.1 cm³/mol. The van der Waals surface area contributed by atoms with Gasteiger partial charge < -0.3 is 10.1 Å². The molecule has 1 aromatic carbocycles. The Labute approximate surface area is 123 Å². The molecular weight excluding hydrogens is 246 g/mol. The van der Waals surface area contributed by atoms with Crippen LogP contribution in [0.5, 0.6) is 0 Å². The Morgan fingerprint density at radius 1 is 1.25 bits per heavy atom. The second-order valence-corrected chi connectivity index (χ2v) is 5.80. The summed E-state index contributed by atoms with van der Waals surface area (Å²) in [4.78, 5) is 0. The maximum absolute atomic E-state index is 5.77. The lowest BCUT2D eigenvalue weighted by molar-refractivity contribution is 0.0985. The molecule has 112 valence electrons. The molecule has 20 heavy (non-hydrogen) atoms. The van der Waals surface area contributed by atoms with E-state index in [0.717, 1.165) is 13.2 Å². The zero-order valence-corrected chi connectivity index (χ0v) is 13.0. The quantitative estimate of drug-likeness (QED) is 0.770. The van der Waals surface area contributed by atoms with E-state index in [1.54, 1.807) is 0 Å². The van der Waals surface area contributed by atoms with Crippen LogP contribution in [0, 0.1) is 0 Å². The van der Waals surface area contributed by atoms with Crippen molar-refractivity contribution in [2.75, 3.05) is 13.2 Å². The first-order chi connectivity index (χ1) is 9.85. The van der Waals surface area contributed by atoms with Crippen LogP contribution in [0.3, 0.4) is 0 Å². The molecule has 0 aromatic heterocycles. The number of nitrogens with one attached hydrogen (secondary N) is 1. The van der Waals surface area contributed by atoms with E-state index in [-0.39, 0.29) is 0 Å². The van der Waals surface area contributed by atoms with Crippen LogP contribution < -0.4 is 5.32 Å². The standard InChI is InChI=1S/C18H29NO/c1-3-17(15-9-6-5-7-10-15)18(19-4-2)13-12-16-11-8-14-20-16/h5-7,9-10,16-19H,3-4,8,11-14H2,1-2H3. The molecule has 3 atom stereocenters. The van der Waals surface area contributed by atoms with Gasteiger partial charge in [-0.05, 0) is 50.1 Å². The van der Waals surface area contributed by atoms with E-state index in [1.807, 2.05) is 0 Å². The van der Waals surface area contributed by atoms with Crippen LogP contribution in [-0.2, 0) is 4.74 Å². The van der Waals surface area contributed by atoms with E-state index in [0.29, 0.717) is 18.1 Å². The summed E-state index contributed by atoms with van der Waals surface area (Å²) in [7, 11) is 0. The molecule has 2 nitrogen and oxygen atoms in total. The first kappa shape index (κ1) is 15.5. The minimum absolute atomic E-state index is 0.504. The van der Waals surface area contributed by atoms with Crippen LogP contribution in [-0.4, -0.2) is 25.3 Å². The molecule has 3 unspecified atom stereocenters. The zero-order chi connectivity index (χ0) is 14.2. The summed E-state index contributed by atoms with van der Waals surface area (Å²) >= 11 is 0. The first-order valence-electron chi connectivity index (χ1n) is 8.25. The molecule has 1 N–H and O–H groups in total. The van der Waals surface area contributed by atoms with Crippen LogP contribution in [0.1, 0.15) is 57.4 Å². The van der Waals surface area contributed by atoms with Gasteiger partial charge in [0.1, 0.15) is 0 Å². The highest BCUT2D eigenvalue weighted by atomic mass is 16.5. The largest absolute Gasteiger partial charge is 0.378 e. The SMILES string of the molecule is CCNC(CCC1CCCO1)C(CC)c1ccccc1. The van der Waals surface area contributed by atoms with Crippen molar-refractivity contribution in [2.24, 2.45) is 0 Å². The average molecular weight is 275 g/mol. The van der Waals surface area contributed by atoms with E-state index in [9.17, 15) is 0 Å². The van der Waals surface area contributed by atoms with Gasteiger partial charge in [0.15, 0.2) is 0 Å². The molecule has 0 radical (unpaired) electrons. The molecule has 0 saturated carbocycles. The van der Waals surface area contributed by atoms with Crippen LogP contribution in [0.15, 0.2) is 30.3 Å². The Bertz CT molecular complexity index is 359. The van der Waals surface area contributed by atoms with Gasteiger partial charge in [-0.15, -0.1) is 0 Å². The normalized spacial score (nSPS) is 21.8. The molecule has 2 rings (SSSR count). The summed E-state index contributed by atoms with van der Waals surface area (Å²) in [6, 6.07) is 11.5. The molecule has 1 heterocycles. The van der Waals surface area contributed by atoms with Crippen molar-refractivity contribution >= 4 is 0 Å². The van der Waals surface area contributed by atoms with Gasteiger partial charge in [-0.3, -0.25) is 0 Å². The van der Waals surface area contributed by atoms with Gasteiger partial charge in [-0.1, -0.05) is 44.2 Å². The third-order valence-corrected chi connectivity index (χ3v) is 4.44. The summed E-state index contributed by atoms with van der Waals surface area (Å²) in [5.74, 6) is 0.609. The van der Waals surface area contributed by atoms with Crippen molar-refractivity contribution in [2.45, 2.75) is 64.0 Å². The van der Waals surface area contributed by atoms with Crippen molar-refractivity contribution < 1.29 is 4.74 Å². The van der Waals surface area contributed by atoms with Crippen molar-refractivity contribution in [1.82, 2.24) is 5.32 Å². The molecule has 0 bridgehead atoms. The monoisotopic (exact) mass is 275 g/mol. The van der Waals surface area contributed by atoms with Crippen molar-refractivity contribution in [1.29, 1.82) is 0 Å².